The summed E-state index contributed by atoms with van der Waals surface area (Å²) in [5.41, 5.74) is -0.578. The second kappa shape index (κ2) is 51.2. The molecule has 15 rings (SSSR count). The van der Waals surface area contributed by atoms with Gasteiger partial charge >= 0.3 is 30.8 Å². The number of aromatic nitrogens is 19. The molecule has 4 fully saturated rings. The number of carbonyl (C=O) groups is 4. The molecule has 13 heterocycles. The van der Waals surface area contributed by atoms with E-state index in [-0.39, 0.29) is 123 Å². The number of aromatic amines is 2. The molecule has 0 saturated carbocycles. The molecule has 14 N–H and O–H groups in total. The maximum Gasteiger partial charge on any atom is 0.327 e. The third-order valence-electron chi connectivity index (χ3n) is 23.5. The zero-order valence-electron chi connectivity index (χ0n) is 81.0. The van der Waals surface area contributed by atoms with Crippen molar-refractivity contribution in [2.24, 2.45) is 11.8 Å². The molecule has 4 aliphatic rings. The van der Waals surface area contributed by atoms with E-state index in [2.05, 4.69) is 96.7 Å². The molecule has 4 saturated heterocycles. The number of nitriles is 2. The Balaban J connectivity index is 0.000000265. The van der Waals surface area contributed by atoms with E-state index < -0.39 is 206 Å². The number of alkyl halides is 2. The van der Waals surface area contributed by atoms with Gasteiger partial charge in [-0.1, -0.05) is 129 Å². The number of aliphatic hydroxyl groups is 3. The number of hydrogen-bond acceptors (Lipinski definition) is 41. The van der Waals surface area contributed by atoms with Gasteiger partial charge in [0, 0.05) is 35.4 Å². The lowest BCUT2D eigenvalue weighted by molar-refractivity contribution is -0.119. The number of halogens is 2. The first-order valence-corrected chi connectivity index (χ1v) is 57.1. The smallest absolute Gasteiger partial charge is 0.327 e. The largest absolute Gasteiger partial charge is 0.408 e. The Labute approximate surface area is 842 Å². The number of carbonyl (C=O) groups excluding carboxylic acids is 4. The molecule has 9 aromatic heterocycles. The number of nitrogens with one attached hydrogen (secondary N) is 6. The fourth-order valence-corrected chi connectivity index (χ4v) is 20.8. The molecule has 0 radical (unpaired) electrons. The fourth-order valence-electron chi connectivity index (χ4n) is 14.0. The second-order valence-electron chi connectivity index (χ2n) is 36.0. The Morgan fingerprint density at radius 2 is 0.910 bits per heavy atom. The number of imidazole rings is 2. The lowest BCUT2D eigenvalue weighted by Gasteiger charge is -2.40. The highest BCUT2D eigenvalue weighted by Gasteiger charge is 2.57. The average Bonchev–Trinajstić information content (AvgIpc) is 1.62. The fraction of sp³-hybridized carbons (Fsp3) is 0.512. The van der Waals surface area contributed by atoms with Crippen LogP contribution in [0, 0.1) is 34.5 Å². The quantitative estimate of drug-likeness (QED) is 0.0101. The minimum absolute atomic E-state index is 0. The molecule has 782 valence electrons. The Morgan fingerprint density at radius 3 is 1.25 bits per heavy atom. The van der Waals surface area contributed by atoms with E-state index in [1.165, 1.54) is 28.1 Å². The highest BCUT2D eigenvalue weighted by atomic mass is 32.5. The van der Waals surface area contributed by atoms with Crippen LogP contribution in [0.4, 0.5) is 32.3 Å². The van der Waals surface area contributed by atoms with Crippen molar-refractivity contribution in [2.75, 3.05) is 54.3 Å². The number of hydrogen-bond donors (Lipinski definition) is 12. The van der Waals surface area contributed by atoms with Gasteiger partial charge in [0.1, 0.15) is 67.6 Å². The Morgan fingerprint density at radius 1 is 0.545 bits per heavy atom. The molecule has 4 aliphatic heterocycles. The number of aliphatic hydroxyl groups excluding tert-OH is 3. The van der Waals surface area contributed by atoms with Crippen molar-refractivity contribution in [2.45, 2.75) is 230 Å². The summed E-state index contributed by atoms with van der Waals surface area (Å²) < 4.78 is 131. The van der Waals surface area contributed by atoms with Gasteiger partial charge in [-0.3, -0.25) is 72.5 Å². The Hall–Kier alpha value is -10.8. The maximum atomic E-state index is 16.9. The zero-order chi connectivity index (χ0) is 105. The number of benzene rings is 2. The Bertz CT molecular complexity index is 6200. The number of nitrogens with zero attached hydrogens (tertiary/aromatic N) is 19. The van der Waals surface area contributed by atoms with Crippen LogP contribution in [-0.2, 0) is 97.3 Å². The molecule has 0 aliphatic carbocycles. The van der Waals surface area contributed by atoms with Crippen LogP contribution in [-0.4, -0.2) is 266 Å². The highest BCUT2D eigenvalue weighted by Crippen LogP contribution is 2.58. The monoisotopic (exact) mass is 2170 g/mol. The van der Waals surface area contributed by atoms with E-state index in [4.69, 9.17) is 97.5 Å². The summed E-state index contributed by atoms with van der Waals surface area (Å²) in [4.78, 5) is 134. The third-order valence-corrected chi connectivity index (χ3v) is 37.1. The predicted molar refractivity (Wildman–Crippen MR) is 529 cm³/mol. The van der Waals surface area contributed by atoms with Gasteiger partial charge in [-0.15, -0.1) is 10.2 Å². The van der Waals surface area contributed by atoms with Gasteiger partial charge in [0.2, 0.25) is 23.7 Å². The van der Waals surface area contributed by atoms with Crippen LogP contribution in [0.3, 0.4) is 0 Å². The molecule has 61 heteroatoms. The van der Waals surface area contributed by atoms with Crippen molar-refractivity contribution < 1.29 is 117 Å². The van der Waals surface area contributed by atoms with E-state index in [9.17, 15) is 54.6 Å². The van der Waals surface area contributed by atoms with Gasteiger partial charge in [-0.25, -0.2) is 47.8 Å². The second-order valence-corrected chi connectivity index (χ2v) is 51.7. The summed E-state index contributed by atoms with van der Waals surface area (Å²) in [6, 6.07) is 26.5. The Kier molecular flexibility index (Phi) is 41.0. The van der Waals surface area contributed by atoms with Crippen LogP contribution in [0.1, 0.15) is 141 Å². The molecule has 18 atom stereocenters. The SMILES string of the molecule is CC(C)C(=O)Nc1nc2c(ncn2[C@@H]2O[C@H](COP(=S)(OCCC#N)O[C@H]3[C@H](F)[C@H](n4nnc5c(NC(=O)c6ccccc6)ncnc54)O[C@@H]3CO)[C@@H](O[Si](C)(C)C(C)(C)C)[C@@H]2O)c(=O)[nH]1.CC[C@H]1O[C@@H](n2nnc3c(NC(=O)c4ccccc4)ncnc32)[C@@H](F)[C@@H]1OP(=S)(OCCC#N)OC[C@H]1O[C@@H](n2cnc3c(=O)[nH]c(NC(=O)C(C)C)nc32)[C@@H](O)[C@@H]1O[Si](C)(C)C(C)(C)C.N.O=PO.O=PO.c1ccncc1. The van der Waals surface area contributed by atoms with Crippen LogP contribution in [0.2, 0.25) is 36.3 Å². The summed E-state index contributed by atoms with van der Waals surface area (Å²) in [5, 5.41) is 79.4. The lowest BCUT2D eigenvalue weighted by Crippen LogP contribution is -2.49. The van der Waals surface area contributed by atoms with E-state index in [0.717, 1.165) is 15.7 Å². The van der Waals surface area contributed by atoms with Gasteiger partial charge in [-0.2, -0.15) is 29.9 Å². The van der Waals surface area contributed by atoms with Gasteiger partial charge in [0.25, 0.3) is 22.9 Å². The summed E-state index contributed by atoms with van der Waals surface area (Å²) >= 11 is 11.7. The first kappa shape index (κ1) is 116. The molecule has 11 aromatic rings. The van der Waals surface area contributed by atoms with Crippen LogP contribution in [0.5, 0.6) is 0 Å². The number of anilines is 4. The van der Waals surface area contributed by atoms with E-state index in [0.29, 0.717) is 11.1 Å². The standard InChI is InChI=1S/C40H52FN12O10PSSi.C39H50FN12O11PSSi.C5H5N.H3N.2HO2P/c1-9-23-29(25(41)37(60-23)53-32-26(50-51-53)31(43-19-44-32)46-35(56)22-14-11-10-12-15-22)62-64(65,58-17-13-16-42)59-18-24-30(63-66(7,8)40(4,5)6)28(54)38(61-24)52-20-45-27-33(52)47-39(49-36(27)57)48-34(55)21(2)3;1-20(2)33(55)47-38-46-32-26(35(57)48-38)44-19-51(32)37-27(54)29(63-66(6,7)39(3,4)5)23(61-37)17-59-64(65,58-15-11-14-41)62-28-22(16-53)60-36(24(28)40)52-31-25(49-50-52)30(42-18-43-31)45-34(56)21-12-9-8-10-13-21;1-2-4-6-5-3-1;;2*1-3-2/h10-12,14-15,19-21,23-25,28-30,37-38,54H,9,13,17-18H2,1-8H3,(H,43,44,46,56)(H2,47,48,49,55,57);8-10,12-13,18-20,22-24,27-29,36-37,53-54H,11,15-17H2,1-7H3,(H,42,43,45,56)(H2,46,47,48,55,57);1-5H;1H3;2*(H,1,2)/t23-,24-,25+,28+,29-,30-,37-,38-,64?;22-,23-,24+,27+,28-,29-,36-,37-,64?;;;;/m11..../s1. The number of fused-ring (bicyclic) bond motifs is 4. The minimum atomic E-state index is -4.12. The highest BCUT2D eigenvalue weighted by molar-refractivity contribution is 8.07. The van der Waals surface area contributed by atoms with Gasteiger partial charge in [-0.05, 0) is 103 Å². The van der Waals surface area contributed by atoms with Crippen molar-refractivity contribution in [3.05, 3.63) is 148 Å². The molecule has 2 unspecified atom stereocenters. The normalized spacial score (nSPS) is 22.9. The number of amides is 4. The lowest BCUT2D eigenvalue weighted by atomic mass is 10.1. The van der Waals surface area contributed by atoms with Crippen molar-refractivity contribution in [1.82, 2.24) is 100 Å². The van der Waals surface area contributed by atoms with Gasteiger partial charge in [0.05, 0.1) is 76.8 Å². The minimum Gasteiger partial charge on any atom is -0.408 e. The number of rotatable bonds is 34. The van der Waals surface area contributed by atoms with Crippen LogP contribution >= 0.6 is 30.8 Å². The van der Waals surface area contributed by atoms with E-state index in [1.807, 2.05) is 98.1 Å². The molecule has 4 amide bonds. The molecule has 0 bridgehead atoms. The molecular formula is C84H112F2N26O25P4S2Si2. The molecule has 2 aromatic carbocycles. The van der Waals surface area contributed by atoms with E-state index in [1.54, 1.807) is 108 Å². The number of ether oxygens (including phenoxy) is 4. The van der Waals surface area contributed by atoms with Gasteiger partial charge in [0.15, 0.2) is 110 Å². The summed E-state index contributed by atoms with van der Waals surface area (Å²) in [6.45, 7) is 18.3. The van der Waals surface area contributed by atoms with Crippen molar-refractivity contribution in [3.8, 4) is 12.1 Å². The third kappa shape index (κ3) is 28.2. The number of H-pyrrole nitrogens is 2. The number of pyridine rings is 1. The zero-order valence-corrected chi connectivity index (χ0v) is 88.2. The van der Waals surface area contributed by atoms with E-state index >= 15 is 8.78 Å². The van der Waals surface area contributed by atoms with Gasteiger partial charge < -0.3 is 87.8 Å². The average molecular weight is 2170 g/mol. The first-order valence-electron chi connectivity index (χ1n) is 44.6. The van der Waals surface area contributed by atoms with Crippen LogP contribution in [0.15, 0.2) is 126 Å². The van der Waals surface area contributed by atoms with Crippen LogP contribution in [0.25, 0.3) is 44.7 Å². The van der Waals surface area contributed by atoms with Crippen LogP contribution < -0.4 is 38.5 Å². The molecular weight excluding hydrogens is 2060 g/mol. The maximum absolute atomic E-state index is 16.9. The first-order chi connectivity index (χ1) is 68.3. The molecule has 145 heavy (non-hydrogen) atoms. The summed E-state index contributed by atoms with van der Waals surface area (Å²) in [5.74, 6) is -2.79. The molecule has 51 nitrogen and oxygen atoms in total. The topological polar surface area (TPSA) is 698 Å². The predicted octanol–water partition coefficient (Wildman–Crippen LogP) is 10.3. The van der Waals surface area contributed by atoms with Crippen molar-refractivity contribution in [1.29, 1.82) is 10.5 Å². The van der Waals surface area contributed by atoms with Crippen molar-refractivity contribution in [3.63, 3.8) is 0 Å². The summed E-state index contributed by atoms with van der Waals surface area (Å²) in [7, 11) is -7.03. The molecule has 0 spiro atoms. The van der Waals surface area contributed by atoms with Crippen molar-refractivity contribution >= 4 is 163 Å². The summed E-state index contributed by atoms with van der Waals surface area (Å²) in [6.07, 6.45) is -13.7.